The van der Waals surface area contributed by atoms with E-state index in [9.17, 15) is 28.9 Å². The third-order valence-corrected chi connectivity index (χ3v) is 8.47. The standard InChI is InChI=1S/C30H33F2N7O6/c1-44-28-25(39-14-22(35-37-39)17-4-2-5-19(32)12-17)27(42)24(15-40)45-29(28)30(43)33-20-6-3-7-23(26(20)41)38-13-21(34-36-38)16-8-10-18(31)11-9-16/h2,4-5,8-14,20,23-29,40-42H,3,6-7,15H2,1H3,(H,33,43)/t20-,23+,24-,25+,26+,27+,28-,29-/m1/s1. The Morgan fingerprint density at radius 3 is 2.40 bits per heavy atom. The number of carbonyl (C=O) groups excluding carboxylic acids is 1. The Kier molecular flexibility index (Phi) is 8.96. The third kappa shape index (κ3) is 6.21. The molecular weight excluding hydrogens is 592 g/mol. The van der Waals surface area contributed by atoms with Gasteiger partial charge in [-0.1, -0.05) is 22.6 Å². The Labute approximate surface area is 256 Å². The minimum Gasteiger partial charge on any atom is -0.394 e. The van der Waals surface area contributed by atoms with Crippen molar-refractivity contribution in [1.82, 2.24) is 35.3 Å². The number of amides is 1. The molecule has 1 saturated carbocycles. The number of hydrogen-bond donors (Lipinski definition) is 4. The number of carbonyl (C=O) groups is 1. The maximum atomic E-state index is 13.8. The summed E-state index contributed by atoms with van der Waals surface area (Å²) in [4.78, 5) is 13.7. The van der Waals surface area contributed by atoms with Crippen LogP contribution in [0.25, 0.3) is 22.5 Å². The molecule has 4 N–H and O–H groups in total. The molecule has 2 aromatic heterocycles. The fourth-order valence-electron chi connectivity index (χ4n) is 6.13. The van der Waals surface area contributed by atoms with Crippen molar-refractivity contribution in [2.24, 2.45) is 0 Å². The van der Waals surface area contributed by atoms with Gasteiger partial charge < -0.3 is 30.1 Å². The lowest BCUT2D eigenvalue weighted by molar-refractivity contribution is -0.213. The molecule has 0 spiro atoms. The normalized spacial score (nSPS) is 28.6. The molecule has 3 heterocycles. The van der Waals surface area contributed by atoms with Crippen LogP contribution in [0.4, 0.5) is 8.78 Å². The molecule has 0 radical (unpaired) electrons. The van der Waals surface area contributed by atoms with E-state index in [1.54, 1.807) is 29.1 Å². The molecule has 1 aliphatic heterocycles. The second-order valence-electron chi connectivity index (χ2n) is 11.2. The lowest BCUT2D eigenvalue weighted by Crippen LogP contribution is -2.62. The highest BCUT2D eigenvalue weighted by atomic mass is 19.1. The molecule has 6 rings (SSSR count). The third-order valence-electron chi connectivity index (χ3n) is 8.47. The zero-order valence-corrected chi connectivity index (χ0v) is 24.2. The molecule has 1 saturated heterocycles. The molecule has 1 aliphatic carbocycles. The van der Waals surface area contributed by atoms with Crippen molar-refractivity contribution >= 4 is 5.91 Å². The van der Waals surface area contributed by atoms with Crippen LogP contribution >= 0.6 is 0 Å². The minimum absolute atomic E-state index is 0.330. The predicted molar refractivity (Wildman–Crippen MR) is 153 cm³/mol. The first kappa shape index (κ1) is 30.9. The fourth-order valence-corrected chi connectivity index (χ4v) is 6.13. The van der Waals surface area contributed by atoms with E-state index in [1.165, 1.54) is 48.3 Å². The van der Waals surface area contributed by atoms with Gasteiger partial charge in [0.05, 0.1) is 37.2 Å². The summed E-state index contributed by atoms with van der Waals surface area (Å²) < 4.78 is 41.5. The summed E-state index contributed by atoms with van der Waals surface area (Å²) in [6.45, 7) is -0.597. The number of aromatic nitrogens is 6. The van der Waals surface area contributed by atoms with Gasteiger partial charge in [0.1, 0.15) is 47.4 Å². The van der Waals surface area contributed by atoms with Gasteiger partial charge >= 0.3 is 0 Å². The van der Waals surface area contributed by atoms with Crippen LogP contribution in [0.15, 0.2) is 60.9 Å². The Morgan fingerprint density at radius 2 is 1.69 bits per heavy atom. The van der Waals surface area contributed by atoms with Crippen molar-refractivity contribution < 1.29 is 38.4 Å². The van der Waals surface area contributed by atoms with Crippen LogP contribution in [0, 0.1) is 11.6 Å². The number of rotatable bonds is 8. The van der Waals surface area contributed by atoms with Crippen molar-refractivity contribution in [3.8, 4) is 22.5 Å². The summed E-state index contributed by atoms with van der Waals surface area (Å²) in [6.07, 6.45) is -1.01. The number of methoxy groups -OCH3 is 1. The van der Waals surface area contributed by atoms with Crippen LogP contribution in [0.5, 0.6) is 0 Å². The van der Waals surface area contributed by atoms with Crippen molar-refractivity contribution in [2.45, 2.75) is 67.9 Å². The van der Waals surface area contributed by atoms with E-state index in [4.69, 9.17) is 9.47 Å². The van der Waals surface area contributed by atoms with Gasteiger partial charge in [0, 0.05) is 18.2 Å². The summed E-state index contributed by atoms with van der Waals surface area (Å²) in [6, 6.07) is 9.44. The first-order valence-corrected chi connectivity index (χ1v) is 14.6. The molecule has 238 valence electrons. The molecule has 8 atom stereocenters. The number of aliphatic hydroxyl groups is 3. The molecule has 0 unspecified atom stereocenters. The molecule has 2 aromatic carbocycles. The van der Waals surface area contributed by atoms with Crippen molar-refractivity contribution in [3.63, 3.8) is 0 Å². The number of aliphatic hydroxyl groups excluding tert-OH is 3. The molecule has 13 nitrogen and oxygen atoms in total. The zero-order chi connectivity index (χ0) is 31.7. The van der Waals surface area contributed by atoms with Crippen LogP contribution in [-0.4, -0.2) is 101 Å². The fraction of sp³-hybridized carbons (Fsp3) is 0.433. The molecule has 4 aromatic rings. The zero-order valence-electron chi connectivity index (χ0n) is 24.2. The number of benzene rings is 2. The Hall–Kier alpha value is -4.15. The first-order valence-electron chi connectivity index (χ1n) is 14.6. The van der Waals surface area contributed by atoms with Gasteiger partial charge in [-0.3, -0.25) is 4.79 Å². The van der Waals surface area contributed by atoms with Crippen LogP contribution < -0.4 is 5.32 Å². The number of ether oxygens (including phenoxy) is 2. The van der Waals surface area contributed by atoms with Crippen LogP contribution in [-0.2, 0) is 14.3 Å². The van der Waals surface area contributed by atoms with Gasteiger partial charge in [0.15, 0.2) is 6.10 Å². The van der Waals surface area contributed by atoms with E-state index in [2.05, 4.69) is 25.9 Å². The highest BCUT2D eigenvalue weighted by Gasteiger charge is 2.50. The Balaban J connectivity index is 1.19. The molecule has 2 aliphatic rings. The largest absolute Gasteiger partial charge is 0.394 e. The molecule has 2 fully saturated rings. The maximum Gasteiger partial charge on any atom is 0.252 e. The van der Waals surface area contributed by atoms with E-state index >= 15 is 0 Å². The van der Waals surface area contributed by atoms with Crippen LogP contribution in [0.2, 0.25) is 0 Å². The summed E-state index contributed by atoms with van der Waals surface area (Å²) in [7, 11) is 1.35. The quantitative estimate of drug-likeness (QED) is 0.225. The molecule has 15 heteroatoms. The molecule has 1 amide bonds. The molecule has 45 heavy (non-hydrogen) atoms. The first-order chi connectivity index (χ1) is 21.8. The summed E-state index contributed by atoms with van der Waals surface area (Å²) in [5, 5.41) is 51.9. The van der Waals surface area contributed by atoms with Gasteiger partial charge in [0.2, 0.25) is 0 Å². The van der Waals surface area contributed by atoms with Crippen LogP contribution in [0.1, 0.15) is 31.3 Å². The highest BCUT2D eigenvalue weighted by molar-refractivity contribution is 5.82. The van der Waals surface area contributed by atoms with Crippen LogP contribution in [0.3, 0.4) is 0 Å². The Bertz CT molecular complexity index is 1620. The van der Waals surface area contributed by atoms with Crippen molar-refractivity contribution in [2.75, 3.05) is 13.7 Å². The van der Waals surface area contributed by atoms with E-state index in [-0.39, 0.29) is 5.82 Å². The van der Waals surface area contributed by atoms with Gasteiger partial charge in [-0.05, 0) is 55.7 Å². The predicted octanol–water partition coefficient (Wildman–Crippen LogP) is 1.43. The summed E-state index contributed by atoms with van der Waals surface area (Å²) in [5.41, 5.74) is 1.98. The molecule has 0 bridgehead atoms. The highest BCUT2D eigenvalue weighted by Crippen LogP contribution is 2.34. The summed E-state index contributed by atoms with van der Waals surface area (Å²) in [5.74, 6) is -1.44. The maximum absolute atomic E-state index is 13.8. The average Bonchev–Trinajstić information content (AvgIpc) is 3.73. The van der Waals surface area contributed by atoms with E-state index in [1.807, 2.05) is 0 Å². The second kappa shape index (κ2) is 13.1. The molecular formula is C30H33F2N7O6. The second-order valence-corrected chi connectivity index (χ2v) is 11.2. The van der Waals surface area contributed by atoms with Gasteiger partial charge in [-0.2, -0.15) is 0 Å². The van der Waals surface area contributed by atoms with Crippen molar-refractivity contribution in [3.05, 3.63) is 72.6 Å². The SMILES string of the molecule is CO[C@@H]1[C@@H](n2cc(-c3cccc(F)c3)nn2)[C@@H](O)[C@@H](CO)O[C@H]1C(=O)N[C@@H]1CCC[C@H](n2cc(-c3ccc(F)cc3)nn2)[C@H]1O. The lowest BCUT2D eigenvalue weighted by atomic mass is 9.87. The number of halogens is 2. The van der Waals surface area contributed by atoms with Crippen molar-refractivity contribution in [1.29, 1.82) is 0 Å². The topological polar surface area (TPSA) is 170 Å². The average molecular weight is 626 g/mol. The number of hydrogen-bond acceptors (Lipinski definition) is 10. The monoisotopic (exact) mass is 625 g/mol. The smallest absolute Gasteiger partial charge is 0.252 e. The number of nitrogens with zero attached hydrogens (tertiary/aromatic N) is 6. The van der Waals surface area contributed by atoms with E-state index < -0.39 is 67.0 Å². The number of nitrogens with one attached hydrogen (secondary N) is 1. The van der Waals surface area contributed by atoms with E-state index in [0.29, 0.717) is 41.8 Å². The summed E-state index contributed by atoms with van der Waals surface area (Å²) >= 11 is 0. The van der Waals surface area contributed by atoms with Gasteiger partial charge in [0.25, 0.3) is 5.91 Å². The minimum atomic E-state index is -1.33. The Morgan fingerprint density at radius 1 is 0.978 bits per heavy atom. The van der Waals surface area contributed by atoms with E-state index in [0.717, 1.165) is 0 Å². The lowest BCUT2D eigenvalue weighted by Gasteiger charge is -2.43. The van der Waals surface area contributed by atoms with Gasteiger partial charge in [-0.15, -0.1) is 10.2 Å². The van der Waals surface area contributed by atoms with Gasteiger partial charge in [-0.25, -0.2) is 18.1 Å².